The lowest BCUT2D eigenvalue weighted by molar-refractivity contribution is -0.921. The number of carbonyl (C=O) groups is 3. The van der Waals surface area contributed by atoms with Crippen LogP contribution in [0.1, 0.15) is 49.0 Å². The predicted octanol–water partition coefficient (Wildman–Crippen LogP) is 3.51. The van der Waals surface area contributed by atoms with E-state index in [9.17, 15) is 31.5 Å². The van der Waals surface area contributed by atoms with Crippen LogP contribution < -0.4 is 24.4 Å². The van der Waals surface area contributed by atoms with Crippen LogP contribution in [0.15, 0.2) is 48.7 Å². The number of carbonyl (C=O) groups excluding carboxylic acids is 3. The number of amides is 1. The van der Waals surface area contributed by atoms with Gasteiger partial charge in [-0.05, 0) is 50.2 Å². The molecule has 15 heteroatoms. The van der Waals surface area contributed by atoms with Gasteiger partial charge in [-0.1, -0.05) is 0 Å². The first-order valence-electron chi connectivity index (χ1n) is 15.5. The second-order valence-corrected chi connectivity index (χ2v) is 11.7. The van der Waals surface area contributed by atoms with Crippen molar-refractivity contribution in [3.63, 3.8) is 0 Å². The summed E-state index contributed by atoms with van der Waals surface area (Å²) in [4.78, 5) is 40.8. The molecule has 3 heterocycles. The van der Waals surface area contributed by atoms with Gasteiger partial charge in [-0.2, -0.15) is 13.2 Å². The standard InChI is InChI=1S/C32H35F2N3O5.C2HF3O2/c1-4-41-26-14-21(15-27(42-5-2)29(26)30-25(34)16-23(33)18-35-30)19-36-12-10-32(11-13-36)17-28(38)37(20-32)24-8-6-22(7-9-24)31(39)40-3;3-2(4,5)1(6)7/h6-9,14-16,18H,4-5,10-13,17,19-20H2,1-3H3;(H,6,7). The van der Waals surface area contributed by atoms with Crippen molar-refractivity contribution in [1.82, 2.24) is 4.98 Å². The number of carboxylic acid groups (broad SMARTS) is 1. The highest BCUT2D eigenvalue weighted by Gasteiger charge is 2.46. The highest BCUT2D eigenvalue weighted by Crippen LogP contribution is 2.42. The first-order valence-corrected chi connectivity index (χ1v) is 15.5. The van der Waals surface area contributed by atoms with E-state index in [-0.39, 0.29) is 17.0 Å². The average molecular weight is 694 g/mol. The van der Waals surface area contributed by atoms with Crippen LogP contribution in [-0.4, -0.2) is 69.0 Å². The Bertz CT molecular complexity index is 1630. The molecule has 1 spiro atoms. The zero-order valence-electron chi connectivity index (χ0n) is 27.1. The molecule has 2 aromatic carbocycles. The second kappa shape index (κ2) is 15.6. The SMILES string of the molecule is CCOc1cc(C[NH+]2CCC3(CC2)CC(=O)N(c2ccc(C(=O)OC)cc2)C3)cc(OCC)c1-c1ncc(F)cc1F.O=C([O-])C(F)(F)F. The van der Waals surface area contributed by atoms with E-state index < -0.39 is 29.7 Å². The molecule has 0 radical (unpaired) electrons. The maximum Gasteiger partial charge on any atom is 0.430 e. The average Bonchev–Trinajstić information content (AvgIpc) is 3.38. The van der Waals surface area contributed by atoms with Crippen molar-refractivity contribution in [2.24, 2.45) is 5.41 Å². The molecule has 0 aliphatic carbocycles. The molecule has 49 heavy (non-hydrogen) atoms. The Hall–Kier alpha value is -4.79. The molecule has 2 aliphatic rings. The van der Waals surface area contributed by atoms with Gasteiger partial charge in [0.2, 0.25) is 5.91 Å². The number of esters is 1. The maximum absolute atomic E-state index is 14.8. The number of benzene rings is 2. The van der Waals surface area contributed by atoms with Crippen molar-refractivity contribution in [3.05, 3.63) is 71.4 Å². The Morgan fingerprint density at radius 1 is 1.00 bits per heavy atom. The molecule has 10 nitrogen and oxygen atoms in total. The largest absolute Gasteiger partial charge is 0.542 e. The minimum Gasteiger partial charge on any atom is -0.542 e. The van der Waals surface area contributed by atoms with Crippen LogP contribution in [0.4, 0.5) is 27.6 Å². The molecule has 5 rings (SSSR count). The smallest absolute Gasteiger partial charge is 0.430 e. The van der Waals surface area contributed by atoms with Crippen molar-refractivity contribution < 1.29 is 60.6 Å². The summed E-state index contributed by atoms with van der Waals surface area (Å²) in [5.41, 5.74) is 2.50. The molecule has 1 aromatic heterocycles. The third-order valence-electron chi connectivity index (χ3n) is 8.39. The Kier molecular flexibility index (Phi) is 11.8. The van der Waals surface area contributed by atoms with Crippen molar-refractivity contribution in [2.75, 3.05) is 44.9 Å². The molecule has 3 aromatic rings. The van der Waals surface area contributed by atoms with Crippen LogP contribution in [0.2, 0.25) is 0 Å². The highest BCUT2D eigenvalue weighted by molar-refractivity contribution is 5.97. The summed E-state index contributed by atoms with van der Waals surface area (Å²) >= 11 is 0. The summed E-state index contributed by atoms with van der Waals surface area (Å²) in [5.74, 6) is -3.96. The number of ether oxygens (including phenoxy) is 3. The molecule has 1 amide bonds. The first-order chi connectivity index (χ1) is 23.2. The maximum atomic E-state index is 14.8. The quantitative estimate of drug-likeness (QED) is 0.267. The fraction of sp³-hybridized carbons (Fsp3) is 0.412. The number of piperidine rings is 1. The number of pyridine rings is 1. The number of nitrogens with one attached hydrogen (secondary N) is 1. The van der Waals surface area contributed by atoms with Crippen LogP contribution in [0.25, 0.3) is 11.3 Å². The van der Waals surface area contributed by atoms with Crippen LogP contribution in [0.5, 0.6) is 11.5 Å². The fourth-order valence-electron chi connectivity index (χ4n) is 6.08. The van der Waals surface area contributed by atoms with Gasteiger partial charge in [0.15, 0.2) is 5.82 Å². The zero-order valence-corrected chi connectivity index (χ0v) is 27.1. The molecule has 2 saturated heterocycles. The lowest BCUT2D eigenvalue weighted by Gasteiger charge is -2.36. The summed E-state index contributed by atoms with van der Waals surface area (Å²) in [7, 11) is 1.34. The van der Waals surface area contributed by atoms with Gasteiger partial charge < -0.3 is 33.9 Å². The van der Waals surface area contributed by atoms with Gasteiger partial charge in [0.05, 0.1) is 50.7 Å². The summed E-state index contributed by atoms with van der Waals surface area (Å²) in [6, 6.07) is 11.6. The van der Waals surface area contributed by atoms with E-state index in [4.69, 9.17) is 24.1 Å². The molecular weight excluding hydrogens is 657 g/mol. The highest BCUT2D eigenvalue weighted by atomic mass is 19.4. The van der Waals surface area contributed by atoms with Gasteiger partial charge >= 0.3 is 12.1 Å². The van der Waals surface area contributed by atoms with Crippen molar-refractivity contribution in [3.8, 4) is 22.8 Å². The van der Waals surface area contributed by atoms with E-state index >= 15 is 0 Å². The van der Waals surface area contributed by atoms with E-state index in [1.165, 1.54) is 12.0 Å². The minimum absolute atomic E-state index is 0.0162. The lowest BCUT2D eigenvalue weighted by Crippen LogP contribution is -3.12. The van der Waals surface area contributed by atoms with Crippen LogP contribution in [0.3, 0.4) is 0 Å². The number of rotatable bonds is 9. The number of carboxylic acids is 1. The first kappa shape index (κ1) is 37.0. The molecule has 1 N–H and O–H groups in total. The number of aliphatic carboxylic acids is 1. The number of aromatic nitrogens is 1. The zero-order chi connectivity index (χ0) is 35.9. The van der Waals surface area contributed by atoms with Crippen molar-refractivity contribution in [1.29, 1.82) is 0 Å². The van der Waals surface area contributed by atoms with Gasteiger partial charge in [0.1, 0.15) is 35.5 Å². The number of hydrogen-bond donors (Lipinski definition) is 1. The number of likely N-dealkylation sites (tertiary alicyclic amines) is 1. The number of quaternary nitrogens is 1. The molecule has 2 fully saturated rings. The van der Waals surface area contributed by atoms with Gasteiger partial charge in [-0.15, -0.1) is 0 Å². The molecule has 264 valence electrons. The van der Waals surface area contributed by atoms with Gasteiger partial charge in [-0.25, -0.2) is 18.6 Å². The number of anilines is 1. The van der Waals surface area contributed by atoms with Gasteiger partial charge in [-0.3, -0.25) is 4.79 Å². The second-order valence-electron chi connectivity index (χ2n) is 11.7. The number of halogens is 5. The topological polar surface area (TPSA) is 123 Å². The number of alkyl halides is 3. The van der Waals surface area contributed by atoms with Crippen molar-refractivity contribution in [2.45, 2.75) is 45.8 Å². The normalized spacial score (nSPS) is 18.9. The van der Waals surface area contributed by atoms with Crippen LogP contribution in [0, 0.1) is 17.0 Å². The van der Waals surface area contributed by atoms with E-state index in [0.29, 0.717) is 55.4 Å². The Morgan fingerprint density at radius 2 is 1.57 bits per heavy atom. The van der Waals surface area contributed by atoms with Crippen LogP contribution in [-0.2, 0) is 20.9 Å². The molecule has 0 unspecified atom stereocenters. The minimum atomic E-state index is -5.19. The summed E-state index contributed by atoms with van der Waals surface area (Å²) in [6.07, 6.45) is -1.89. The van der Waals surface area contributed by atoms with Gasteiger partial charge in [0.25, 0.3) is 0 Å². The molecule has 0 bridgehead atoms. The Labute approximate surface area is 279 Å². The summed E-state index contributed by atoms with van der Waals surface area (Å²) in [6.45, 7) is 7.58. The summed E-state index contributed by atoms with van der Waals surface area (Å²) in [5, 5.41) is 8.78. The van der Waals surface area contributed by atoms with Gasteiger partial charge in [0, 0.05) is 48.5 Å². The third kappa shape index (κ3) is 9.02. The van der Waals surface area contributed by atoms with Crippen LogP contribution >= 0.6 is 0 Å². The predicted molar refractivity (Wildman–Crippen MR) is 164 cm³/mol. The molecule has 0 saturated carbocycles. The lowest BCUT2D eigenvalue weighted by atomic mass is 9.77. The molecule has 2 aliphatic heterocycles. The number of nitrogens with zero attached hydrogens (tertiary/aromatic N) is 2. The molecular formula is C34H36F5N3O7. The van der Waals surface area contributed by atoms with E-state index in [1.807, 2.05) is 30.9 Å². The molecule has 0 atom stereocenters. The number of hydrogen-bond acceptors (Lipinski definition) is 8. The van der Waals surface area contributed by atoms with E-state index in [0.717, 1.165) is 49.4 Å². The van der Waals surface area contributed by atoms with Crippen molar-refractivity contribution >= 4 is 23.5 Å². The van der Waals surface area contributed by atoms with E-state index in [1.54, 1.807) is 24.3 Å². The monoisotopic (exact) mass is 693 g/mol. The Balaban J connectivity index is 0.000000698. The summed E-state index contributed by atoms with van der Waals surface area (Å²) < 4.78 is 76.5. The Morgan fingerprint density at radius 3 is 2.06 bits per heavy atom. The number of methoxy groups -OCH3 is 1. The van der Waals surface area contributed by atoms with E-state index in [2.05, 4.69) is 4.98 Å². The third-order valence-corrected chi connectivity index (χ3v) is 8.39. The fourth-order valence-corrected chi connectivity index (χ4v) is 6.08.